The highest BCUT2D eigenvalue weighted by molar-refractivity contribution is 9.10. The van der Waals surface area contributed by atoms with Gasteiger partial charge in [0.05, 0.1) is 4.88 Å². The first-order chi connectivity index (χ1) is 11.6. The van der Waals surface area contributed by atoms with Crippen LogP contribution in [0.2, 0.25) is 0 Å². The van der Waals surface area contributed by atoms with E-state index in [0.29, 0.717) is 17.8 Å². The first-order valence-electron chi connectivity index (χ1n) is 7.98. The molecule has 126 valence electrons. The molecule has 6 heteroatoms. The topological polar surface area (TPSA) is 49.4 Å². The Labute approximate surface area is 154 Å². The summed E-state index contributed by atoms with van der Waals surface area (Å²) in [6, 6.07) is 8.98. The van der Waals surface area contributed by atoms with Crippen LogP contribution in [-0.2, 0) is 4.79 Å². The summed E-state index contributed by atoms with van der Waals surface area (Å²) >= 11 is 4.88. The van der Waals surface area contributed by atoms with Crippen LogP contribution in [0.1, 0.15) is 34.5 Å². The van der Waals surface area contributed by atoms with E-state index in [0.717, 1.165) is 28.6 Å². The normalized spacial score (nSPS) is 17.6. The van der Waals surface area contributed by atoms with Crippen molar-refractivity contribution in [3.8, 4) is 0 Å². The van der Waals surface area contributed by atoms with Crippen LogP contribution < -0.4 is 5.32 Å². The van der Waals surface area contributed by atoms with Crippen molar-refractivity contribution in [2.75, 3.05) is 11.9 Å². The molecule has 3 rings (SSSR count). The molecule has 2 amide bonds. The second-order valence-corrected chi connectivity index (χ2v) is 7.74. The van der Waals surface area contributed by atoms with Gasteiger partial charge in [-0.1, -0.05) is 22.0 Å². The van der Waals surface area contributed by atoms with Crippen molar-refractivity contribution in [2.45, 2.75) is 32.2 Å². The molecule has 1 saturated heterocycles. The fourth-order valence-electron chi connectivity index (χ4n) is 2.94. The predicted molar refractivity (Wildman–Crippen MR) is 101 cm³/mol. The van der Waals surface area contributed by atoms with Gasteiger partial charge in [0.2, 0.25) is 5.91 Å². The monoisotopic (exact) mass is 406 g/mol. The molecule has 0 saturated carbocycles. The van der Waals surface area contributed by atoms with Crippen LogP contribution >= 0.6 is 27.3 Å². The fraction of sp³-hybridized carbons (Fsp3) is 0.333. The first kappa shape index (κ1) is 17.2. The number of nitrogens with zero attached hydrogens (tertiary/aromatic N) is 1. The zero-order valence-electron chi connectivity index (χ0n) is 13.4. The second-order valence-electron chi connectivity index (χ2n) is 5.94. The number of piperidine rings is 1. The molecule has 1 N–H and O–H groups in total. The van der Waals surface area contributed by atoms with Gasteiger partial charge in [-0.15, -0.1) is 11.3 Å². The van der Waals surface area contributed by atoms with Crippen molar-refractivity contribution < 1.29 is 9.59 Å². The first-order valence-corrected chi connectivity index (χ1v) is 9.65. The van der Waals surface area contributed by atoms with E-state index < -0.39 is 6.04 Å². The lowest BCUT2D eigenvalue weighted by atomic mass is 10.0. The average molecular weight is 407 g/mol. The number of anilines is 1. The van der Waals surface area contributed by atoms with Crippen LogP contribution in [0, 0.1) is 6.92 Å². The van der Waals surface area contributed by atoms with E-state index in [9.17, 15) is 9.59 Å². The summed E-state index contributed by atoms with van der Waals surface area (Å²) in [5.41, 5.74) is 1.82. The number of benzene rings is 1. The lowest BCUT2D eigenvalue weighted by Gasteiger charge is -2.34. The van der Waals surface area contributed by atoms with E-state index in [1.54, 1.807) is 4.90 Å². The number of likely N-dealkylation sites (tertiary alicyclic amines) is 1. The minimum Gasteiger partial charge on any atom is -0.326 e. The SMILES string of the molecule is Cc1cc(NC(=O)[C@@H]2CCCCN2C(=O)c2cccs2)ccc1Br. The number of amides is 2. The Kier molecular flexibility index (Phi) is 5.36. The highest BCUT2D eigenvalue weighted by Crippen LogP contribution is 2.24. The van der Waals surface area contributed by atoms with Crippen molar-refractivity contribution in [3.05, 3.63) is 50.6 Å². The molecule has 1 fully saturated rings. The van der Waals surface area contributed by atoms with Gasteiger partial charge in [0, 0.05) is 16.7 Å². The molecular formula is C18H19BrN2O2S. The second kappa shape index (κ2) is 7.49. The van der Waals surface area contributed by atoms with Crippen LogP contribution in [0.3, 0.4) is 0 Å². The van der Waals surface area contributed by atoms with Crippen LogP contribution in [-0.4, -0.2) is 29.3 Å². The molecule has 1 aliphatic heterocycles. The van der Waals surface area contributed by atoms with Gasteiger partial charge in [0.15, 0.2) is 0 Å². The van der Waals surface area contributed by atoms with Crippen LogP contribution in [0.15, 0.2) is 40.2 Å². The number of nitrogens with one attached hydrogen (secondary N) is 1. The summed E-state index contributed by atoms with van der Waals surface area (Å²) in [7, 11) is 0. The number of rotatable bonds is 3. The molecule has 0 spiro atoms. The number of carbonyl (C=O) groups is 2. The maximum absolute atomic E-state index is 12.7. The number of hydrogen-bond acceptors (Lipinski definition) is 3. The van der Waals surface area contributed by atoms with Crippen molar-refractivity contribution >= 4 is 44.8 Å². The molecule has 1 aromatic heterocycles. The van der Waals surface area contributed by atoms with E-state index in [1.807, 2.05) is 42.6 Å². The Morgan fingerprint density at radius 1 is 1.29 bits per heavy atom. The highest BCUT2D eigenvalue weighted by atomic mass is 79.9. The molecule has 4 nitrogen and oxygen atoms in total. The number of hydrogen-bond donors (Lipinski definition) is 1. The Morgan fingerprint density at radius 2 is 2.12 bits per heavy atom. The summed E-state index contributed by atoms with van der Waals surface area (Å²) in [5, 5.41) is 4.85. The van der Waals surface area contributed by atoms with Crippen molar-refractivity contribution in [3.63, 3.8) is 0 Å². The summed E-state index contributed by atoms with van der Waals surface area (Å²) in [4.78, 5) is 27.8. The number of halogens is 1. The lowest BCUT2D eigenvalue weighted by Crippen LogP contribution is -2.49. The zero-order chi connectivity index (χ0) is 17.1. The molecule has 2 aromatic rings. The van der Waals surface area contributed by atoms with Gasteiger partial charge in [0.25, 0.3) is 5.91 Å². The van der Waals surface area contributed by atoms with E-state index in [4.69, 9.17) is 0 Å². The van der Waals surface area contributed by atoms with Gasteiger partial charge in [0.1, 0.15) is 6.04 Å². The third kappa shape index (κ3) is 3.70. The molecule has 24 heavy (non-hydrogen) atoms. The molecule has 0 aliphatic carbocycles. The van der Waals surface area contributed by atoms with E-state index in [1.165, 1.54) is 11.3 Å². The van der Waals surface area contributed by atoms with Gasteiger partial charge >= 0.3 is 0 Å². The Balaban J connectivity index is 1.75. The number of thiophene rings is 1. The summed E-state index contributed by atoms with van der Waals surface area (Å²) in [6.45, 7) is 2.61. The van der Waals surface area contributed by atoms with E-state index in [2.05, 4.69) is 21.2 Å². The highest BCUT2D eigenvalue weighted by Gasteiger charge is 2.33. The van der Waals surface area contributed by atoms with Gasteiger partial charge in [-0.05, 0) is 61.4 Å². The van der Waals surface area contributed by atoms with Gasteiger partial charge in [-0.25, -0.2) is 0 Å². The fourth-order valence-corrected chi connectivity index (χ4v) is 3.86. The molecule has 1 aliphatic rings. The molecule has 0 bridgehead atoms. The maximum Gasteiger partial charge on any atom is 0.264 e. The van der Waals surface area contributed by atoms with Crippen LogP contribution in [0.5, 0.6) is 0 Å². The minimum absolute atomic E-state index is 0.0446. The predicted octanol–water partition coefficient (Wildman–Crippen LogP) is 4.45. The molecule has 0 radical (unpaired) electrons. The lowest BCUT2D eigenvalue weighted by molar-refractivity contribution is -0.121. The Bertz CT molecular complexity index is 745. The largest absolute Gasteiger partial charge is 0.326 e. The Morgan fingerprint density at radius 3 is 2.83 bits per heavy atom. The third-order valence-corrected chi connectivity index (χ3v) is 5.97. The number of carbonyl (C=O) groups excluding carboxylic acids is 2. The quantitative estimate of drug-likeness (QED) is 0.817. The smallest absolute Gasteiger partial charge is 0.264 e. The van der Waals surface area contributed by atoms with E-state index >= 15 is 0 Å². The van der Waals surface area contributed by atoms with Crippen molar-refractivity contribution in [1.82, 2.24) is 4.90 Å². The van der Waals surface area contributed by atoms with Gasteiger partial charge < -0.3 is 10.2 Å². The van der Waals surface area contributed by atoms with Gasteiger partial charge in [-0.3, -0.25) is 9.59 Å². The molecule has 0 unspecified atom stereocenters. The molecule has 1 aromatic carbocycles. The summed E-state index contributed by atoms with van der Waals surface area (Å²) in [5.74, 6) is -0.154. The van der Waals surface area contributed by atoms with Crippen LogP contribution in [0.25, 0.3) is 0 Å². The minimum atomic E-state index is -0.405. The zero-order valence-corrected chi connectivity index (χ0v) is 15.8. The standard InChI is InChI=1S/C18H19BrN2O2S/c1-12-11-13(7-8-14(12)19)20-17(22)15-5-2-3-9-21(15)18(23)16-6-4-10-24-16/h4,6-8,10-11,15H,2-3,5,9H2,1H3,(H,20,22)/t15-/m0/s1. The third-order valence-electron chi connectivity index (χ3n) is 4.22. The molecule has 1 atom stereocenters. The maximum atomic E-state index is 12.7. The van der Waals surface area contributed by atoms with Crippen LogP contribution in [0.4, 0.5) is 5.69 Å². The van der Waals surface area contributed by atoms with Crippen molar-refractivity contribution in [1.29, 1.82) is 0 Å². The average Bonchev–Trinajstić information content (AvgIpc) is 3.12. The molecular weight excluding hydrogens is 388 g/mol. The summed E-state index contributed by atoms with van der Waals surface area (Å²) in [6.07, 6.45) is 2.61. The Hall–Kier alpha value is -1.66. The van der Waals surface area contributed by atoms with E-state index in [-0.39, 0.29) is 11.8 Å². The van der Waals surface area contributed by atoms with Gasteiger partial charge in [-0.2, -0.15) is 0 Å². The van der Waals surface area contributed by atoms with Crippen molar-refractivity contribution in [2.24, 2.45) is 0 Å². The summed E-state index contributed by atoms with van der Waals surface area (Å²) < 4.78 is 1.01. The molecule has 2 heterocycles. The number of aryl methyl sites for hydroxylation is 1.